The first-order valence-electron chi connectivity index (χ1n) is 4.23. The molecule has 1 N–H and O–H groups in total. The van der Waals surface area contributed by atoms with Crippen molar-refractivity contribution < 1.29 is 5.11 Å². The Balaban J connectivity index is 3.10. The van der Waals surface area contributed by atoms with Gasteiger partial charge in [0.05, 0.1) is 0 Å². The van der Waals surface area contributed by atoms with Gasteiger partial charge in [-0.3, -0.25) is 0 Å². The molecule has 1 aromatic rings. The Kier molecular flexibility index (Phi) is 2.92. The van der Waals surface area contributed by atoms with Gasteiger partial charge >= 0.3 is 0 Å². The zero-order valence-electron chi connectivity index (χ0n) is 7.54. The number of phenols is 1. The highest BCUT2D eigenvalue weighted by molar-refractivity contribution is 5.69. The molecule has 0 bridgehead atoms. The highest BCUT2D eigenvalue weighted by Crippen LogP contribution is 2.26. The van der Waals surface area contributed by atoms with Gasteiger partial charge in [-0.05, 0) is 25.0 Å². The van der Waals surface area contributed by atoms with Crippen molar-refractivity contribution in [3.05, 3.63) is 35.9 Å². The van der Waals surface area contributed by atoms with Crippen LogP contribution in [0.1, 0.15) is 25.8 Å². The molecular formula is C11H14O. The summed E-state index contributed by atoms with van der Waals surface area (Å²) in [5.41, 5.74) is 2.13. The van der Waals surface area contributed by atoms with E-state index in [1.165, 1.54) is 5.57 Å². The van der Waals surface area contributed by atoms with E-state index in [0.29, 0.717) is 5.75 Å². The fraction of sp³-hybridized carbons (Fsp3) is 0.273. The lowest BCUT2D eigenvalue weighted by Gasteiger charge is -2.05. The summed E-state index contributed by atoms with van der Waals surface area (Å²) in [4.78, 5) is 0. The van der Waals surface area contributed by atoms with Crippen molar-refractivity contribution >= 4 is 5.57 Å². The van der Waals surface area contributed by atoms with Crippen LogP contribution in [0.25, 0.3) is 5.57 Å². The average molecular weight is 162 g/mol. The maximum Gasteiger partial charge on any atom is 0.123 e. The monoisotopic (exact) mass is 162 g/mol. The number of benzene rings is 1. The maximum atomic E-state index is 9.50. The van der Waals surface area contributed by atoms with Gasteiger partial charge in [0.15, 0.2) is 0 Å². The standard InChI is InChI=1S/C11H14O/c1-3-9(4-2)10-7-5-6-8-11(10)12/h3,5-8,12H,4H2,1-2H3/b9-3+. The van der Waals surface area contributed by atoms with E-state index >= 15 is 0 Å². The minimum Gasteiger partial charge on any atom is -0.507 e. The number of allylic oxidation sites excluding steroid dienone is 2. The Bertz CT molecular complexity index is 287. The van der Waals surface area contributed by atoms with Crippen molar-refractivity contribution in [3.8, 4) is 5.75 Å². The third-order valence-corrected chi connectivity index (χ3v) is 1.98. The summed E-state index contributed by atoms with van der Waals surface area (Å²) in [6.45, 7) is 4.08. The molecule has 0 unspecified atom stereocenters. The van der Waals surface area contributed by atoms with Gasteiger partial charge in [-0.1, -0.05) is 31.2 Å². The minimum absolute atomic E-state index is 0.368. The largest absolute Gasteiger partial charge is 0.507 e. The number of aromatic hydroxyl groups is 1. The van der Waals surface area contributed by atoms with E-state index < -0.39 is 0 Å². The molecule has 1 heteroatoms. The first-order chi connectivity index (χ1) is 5.79. The predicted molar refractivity (Wildman–Crippen MR) is 52.0 cm³/mol. The van der Waals surface area contributed by atoms with Gasteiger partial charge in [0.25, 0.3) is 0 Å². The van der Waals surface area contributed by atoms with E-state index in [1.54, 1.807) is 6.07 Å². The molecule has 1 nitrogen and oxygen atoms in total. The number of hydrogen-bond acceptors (Lipinski definition) is 1. The van der Waals surface area contributed by atoms with Crippen LogP contribution in [0.4, 0.5) is 0 Å². The number of rotatable bonds is 2. The Morgan fingerprint density at radius 3 is 2.58 bits per heavy atom. The summed E-state index contributed by atoms with van der Waals surface area (Å²) in [5.74, 6) is 0.368. The molecule has 0 aromatic heterocycles. The molecule has 12 heavy (non-hydrogen) atoms. The van der Waals surface area contributed by atoms with Gasteiger partial charge in [-0.25, -0.2) is 0 Å². The molecule has 1 aromatic carbocycles. The van der Waals surface area contributed by atoms with E-state index in [2.05, 4.69) is 6.92 Å². The summed E-state index contributed by atoms with van der Waals surface area (Å²) in [6, 6.07) is 7.43. The van der Waals surface area contributed by atoms with Crippen LogP contribution in [0.15, 0.2) is 30.3 Å². The minimum atomic E-state index is 0.368. The molecule has 64 valence electrons. The van der Waals surface area contributed by atoms with Crippen LogP contribution < -0.4 is 0 Å². The molecule has 0 aliphatic rings. The number of hydrogen-bond donors (Lipinski definition) is 1. The summed E-state index contributed by atoms with van der Waals surface area (Å²) in [5, 5.41) is 9.50. The van der Waals surface area contributed by atoms with E-state index in [9.17, 15) is 5.11 Å². The van der Waals surface area contributed by atoms with Gasteiger partial charge in [0.2, 0.25) is 0 Å². The third-order valence-electron chi connectivity index (χ3n) is 1.98. The zero-order chi connectivity index (χ0) is 8.97. The third kappa shape index (κ3) is 1.67. The van der Waals surface area contributed by atoms with Crippen LogP contribution in [-0.4, -0.2) is 5.11 Å². The topological polar surface area (TPSA) is 20.2 Å². The Labute approximate surface area is 73.4 Å². The highest BCUT2D eigenvalue weighted by atomic mass is 16.3. The lowest BCUT2D eigenvalue weighted by Crippen LogP contribution is -1.82. The SMILES string of the molecule is C/C=C(\CC)c1ccccc1O. The molecule has 0 saturated heterocycles. The van der Waals surface area contributed by atoms with Crippen LogP contribution in [0.2, 0.25) is 0 Å². The first-order valence-corrected chi connectivity index (χ1v) is 4.23. The molecule has 0 fully saturated rings. The Morgan fingerprint density at radius 2 is 2.08 bits per heavy atom. The smallest absolute Gasteiger partial charge is 0.123 e. The van der Waals surface area contributed by atoms with Crippen LogP contribution in [-0.2, 0) is 0 Å². The van der Waals surface area contributed by atoms with E-state index in [-0.39, 0.29) is 0 Å². The fourth-order valence-electron chi connectivity index (χ4n) is 1.30. The predicted octanol–water partition coefficient (Wildman–Crippen LogP) is 3.21. The maximum absolute atomic E-state index is 9.50. The van der Waals surface area contributed by atoms with Crippen molar-refractivity contribution in [3.63, 3.8) is 0 Å². The lowest BCUT2D eigenvalue weighted by molar-refractivity contribution is 0.473. The molecule has 0 aliphatic heterocycles. The van der Waals surface area contributed by atoms with Crippen molar-refractivity contribution in [1.82, 2.24) is 0 Å². The second kappa shape index (κ2) is 3.96. The summed E-state index contributed by atoms with van der Waals surface area (Å²) >= 11 is 0. The second-order valence-electron chi connectivity index (χ2n) is 2.68. The summed E-state index contributed by atoms with van der Waals surface area (Å²) in [6.07, 6.45) is 2.99. The Hall–Kier alpha value is -1.24. The van der Waals surface area contributed by atoms with Crippen molar-refractivity contribution in [2.45, 2.75) is 20.3 Å². The second-order valence-corrected chi connectivity index (χ2v) is 2.68. The normalized spacial score (nSPS) is 11.7. The molecule has 1 rings (SSSR count). The van der Waals surface area contributed by atoms with Gasteiger partial charge in [0.1, 0.15) is 5.75 Å². The molecule has 0 amide bonds. The van der Waals surface area contributed by atoms with Gasteiger partial charge in [-0.2, -0.15) is 0 Å². The van der Waals surface area contributed by atoms with Gasteiger partial charge in [-0.15, -0.1) is 0 Å². The first kappa shape index (κ1) is 8.85. The van der Waals surface area contributed by atoms with Gasteiger partial charge in [0, 0.05) is 5.56 Å². The number of para-hydroxylation sites is 1. The lowest BCUT2D eigenvalue weighted by atomic mass is 10.0. The van der Waals surface area contributed by atoms with Crippen LogP contribution >= 0.6 is 0 Å². The zero-order valence-corrected chi connectivity index (χ0v) is 7.54. The van der Waals surface area contributed by atoms with Crippen LogP contribution in [0.3, 0.4) is 0 Å². The molecule has 0 aliphatic carbocycles. The van der Waals surface area contributed by atoms with E-state index in [0.717, 1.165) is 12.0 Å². The molecule has 0 spiro atoms. The molecule has 0 radical (unpaired) electrons. The van der Waals surface area contributed by atoms with Crippen LogP contribution in [0, 0.1) is 0 Å². The molecule has 0 saturated carbocycles. The van der Waals surface area contributed by atoms with E-state index in [1.807, 2.05) is 31.2 Å². The Morgan fingerprint density at radius 1 is 1.42 bits per heavy atom. The van der Waals surface area contributed by atoms with Crippen molar-refractivity contribution in [2.24, 2.45) is 0 Å². The van der Waals surface area contributed by atoms with Crippen molar-refractivity contribution in [2.75, 3.05) is 0 Å². The number of phenolic OH excluding ortho intramolecular Hbond substituents is 1. The van der Waals surface area contributed by atoms with Gasteiger partial charge < -0.3 is 5.11 Å². The average Bonchev–Trinajstić information content (AvgIpc) is 2.10. The van der Waals surface area contributed by atoms with Crippen LogP contribution in [0.5, 0.6) is 5.75 Å². The fourth-order valence-corrected chi connectivity index (χ4v) is 1.30. The summed E-state index contributed by atoms with van der Waals surface area (Å²) < 4.78 is 0. The molecular weight excluding hydrogens is 148 g/mol. The molecule has 0 heterocycles. The quantitative estimate of drug-likeness (QED) is 0.708. The van der Waals surface area contributed by atoms with E-state index in [4.69, 9.17) is 0 Å². The highest BCUT2D eigenvalue weighted by Gasteiger charge is 2.01. The van der Waals surface area contributed by atoms with Crippen molar-refractivity contribution in [1.29, 1.82) is 0 Å². The molecule has 0 atom stereocenters. The summed E-state index contributed by atoms with van der Waals surface area (Å²) in [7, 11) is 0.